The van der Waals surface area contributed by atoms with E-state index < -0.39 is 11.5 Å². The molecule has 0 saturated heterocycles. The maximum Gasteiger partial charge on any atom is 1.00 e. The summed E-state index contributed by atoms with van der Waals surface area (Å²) < 4.78 is 0. The van der Waals surface area contributed by atoms with E-state index in [9.17, 15) is 15.0 Å². The smallest absolute Gasteiger partial charge is 0.548 e. The van der Waals surface area contributed by atoms with Gasteiger partial charge in [-0.3, -0.25) is 4.99 Å². The van der Waals surface area contributed by atoms with E-state index in [1.807, 2.05) is 32.9 Å². The molecule has 24 heavy (non-hydrogen) atoms. The van der Waals surface area contributed by atoms with Crippen molar-refractivity contribution in [2.24, 2.45) is 4.99 Å². The van der Waals surface area contributed by atoms with Gasteiger partial charge in [-0.05, 0) is 36.3 Å². The van der Waals surface area contributed by atoms with E-state index in [-0.39, 0.29) is 68.0 Å². The summed E-state index contributed by atoms with van der Waals surface area (Å²) in [7, 11) is 0. The number of aromatic hydroxyl groups is 1. The summed E-state index contributed by atoms with van der Waals surface area (Å²) in [6.07, 6.45) is 1.43. The molecule has 1 rings (SSSR count). The van der Waals surface area contributed by atoms with Crippen LogP contribution in [0.4, 0.5) is 0 Å². The van der Waals surface area contributed by atoms with Crippen molar-refractivity contribution >= 4 is 12.2 Å². The Labute approximate surface area is 188 Å². The van der Waals surface area contributed by atoms with Gasteiger partial charge >= 0.3 is 51.4 Å². The third kappa shape index (κ3) is 5.95. The molecule has 0 unspecified atom stereocenters. The van der Waals surface area contributed by atoms with Gasteiger partial charge in [0, 0.05) is 17.3 Å². The summed E-state index contributed by atoms with van der Waals surface area (Å²) in [5, 5.41) is 21.7. The Hall–Kier alpha value is -0.204. The summed E-state index contributed by atoms with van der Waals surface area (Å²) in [6.45, 7) is 15.3. The first-order valence-electron chi connectivity index (χ1n) is 7.81. The minimum atomic E-state index is -1.34. The zero-order chi connectivity index (χ0) is 18.2. The number of hydrogen-bond acceptors (Lipinski definition) is 4. The van der Waals surface area contributed by atoms with Crippen LogP contribution in [0.3, 0.4) is 0 Å². The number of phenols is 1. The number of hydrogen-bond donors (Lipinski definition) is 1. The minimum Gasteiger partial charge on any atom is -0.548 e. The quantitative estimate of drug-likeness (QED) is 0.608. The fraction of sp³-hybridized carbons (Fsp3) is 0.579. The fourth-order valence-electron chi connectivity index (χ4n) is 2.04. The number of benzene rings is 1. The van der Waals surface area contributed by atoms with Crippen molar-refractivity contribution in [3.8, 4) is 5.75 Å². The van der Waals surface area contributed by atoms with Crippen LogP contribution in [-0.4, -0.2) is 22.8 Å². The van der Waals surface area contributed by atoms with Gasteiger partial charge < -0.3 is 15.0 Å². The van der Waals surface area contributed by atoms with E-state index >= 15 is 0 Å². The fourth-order valence-corrected chi connectivity index (χ4v) is 2.04. The van der Waals surface area contributed by atoms with E-state index in [1.165, 1.54) is 20.1 Å². The van der Waals surface area contributed by atoms with Gasteiger partial charge in [-0.15, -0.1) is 0 Å². The Morgan fingerprint density at radius 3 is 1.92 bits per heavy atom. The summed E-state index contributed by atoms with van der Waals surface area (Å²) in [5.74, 6) is -1.11. The molecule has 0 heterocycles. The Kier molecular flexibility index (Phi) is 7.93. The first kappa shape index (κ1) is 23.8. The molecule has 5 heteroatoms. The number of carbonyl (C=O) groups excluding carboxylic acids is 1. The minimum absolute atomic E-state index is 0. The number of carbonyl (C=O) groups is 1. The predicted octanol–water partition coefficient (Wildman–Crippen LogP) is -0.0614. The van der Waals surface area contributed by atoms with E-state index in [1.54, 1.807) is 0 Å². The average molecular weight is 358 g/mol. The first-order valence-corrected chi connectivity index (χ1v) is 7.81. The van der Waals surface area contributed by atoms with Gasteiger partial charge in [0.05, 0.1) is 11.5 Å². The van der Waals surface area contributed by atoms with Gasteiger partial charge in [-0.1, -0.05) is 47.6 Å². The maximum atomic E-state index is 11.1. The summed E-state index contributed by atoms with van der Waals surface area (Å²) in [4.78, 5) is 15.2. The van der Waals surface area contributed by atoms with Crippen molar-refractivity contribution in [3.63, 3.8) is 0 Å². The van der Waals surface area contributed by atoms with Gasteiger partial charge in [-0.2, -0.15) is 0 Å². The molecule has 0 fully saturated rings. The molecule has 0 aliphatic heterocycles. The van der Waals surface area contributed by atoms with Crippen LogP contribution in [0.1, 0.15) is 72.1 Å². The number of rotatable bonds is 3. The predicted molar refractivity (Wildman–Crippen MR) is 92.2 cm³/mol. The Morgan fingerprint density at radius 2 is 1.54 bits per heavy atom. The van der Waals surface area contributed by atoms with E-state index in [2.05, 4.69) is 25.8 Å². The molecule has 128 valence electrons. The SMILES string of the molecule is CC(C)(/N=C/c1cc(C(C)(C)C)cc(C(C)(C)C)c1O)C(=O)[O-].[K+]. The number of carboxylic acids is 1. The van der Waals surface area contributed by atoms with Crippen molar-refractivity contribution in [1.82, 2.24) is 0 Å². The van der Waals surface area contributed by atoms with Crippen LogP contribution in [0.5, 0.6) is 5.75 Å². The zero-order valence-corrected chi connectivity index (χ0v) is 19.6. The van der Waals surface area contributed by atoms with Crippen molar-refractivity contribution < 1.29 is 66.4 Å². The van der Waals surface area contributed by atoms with E-state index in [4.69, 9.17) is 0 Å². The molecule has 0 aromatic heterocycles. The van der Waals surface area contributed by atoms with Crippen molar-refractivity contribution in [2.75, 3.05) is 0 Å². The molecule has 0 radical (unpaired) electrons. The molecule has 0 atom stereocenters. The second-order valence-electron chi connectivity index (χ2n) is 8.57. The molecular weight excluding hydrogens is 329 g/mol. The average Bonchev–Trinajstić information content (AvgIpc) is 2.34. The topological polar surface area (TPSA) is 72.7 Å². The summed E-state index contributed by atoms with van der Waals surface area (Å²) >= 11 is 0. The Morgan fingerprint density at radius 1 is 1.04 bits per heavy atom. The van der Waals surface area contributed by atoms with E-state index in [0.29, 0.717) is 5.56 Å². The van der Waals surface area contributed by atoms with Crippen LogP contribution < -0.4 is 56.5 Å². The molecule has 0 spiro atoms. The van der Waals surface area contributed by atoms with Crippen LogP contribution in [0.15, 0.2) is 17.1 Å². The number of carboxylic acid groups (broad SMARTS) is 1. The van der Waals surface area contributed by atoms with Crippen LogP contribution in [0.2, 0.25) is 0 Å². The first-order chi connectivity index (χ1) is 10.2. The summed E-state index contributed by atoms with van der Waals surface area (Å²) in [6, 6.07) is 3.87. The second-order valence-corrected chi connectivity index (χ2v) is 8.57. The van der Waals surface area contributed by atoms with Gasteiger partial charge in [0.2, 0.25) is 0 Å². The van der Waals surface area contributed by atoms with Crippen molar-refractivity contribution in [3.05, 3.63) is 28.8 Å². The van der Waals surface area contributed by atoms with Gasteiger partial charge in [0.25, 0.3) is 0 Å². The normalized spacial score (nSPS) is 13.0. The van der Waals surface area contributed by atoms with Crippen molar-refractivity contribution in [2.45, 2.75) is 71.8 Å². The molecular formula is C19H28KNO3. The zero-order valence-electron chi connectivity index (χ0n) is 16.4. The molecule has 1 aromatic rings. The van der Waals surface area contributed by atoms with Crippen molar-refractivity contribution in [1.29, 1.82) is 0 Å². The third-order valence-corrected chi connectivity index (χ3v) is 3.84. The largest absolute Gasteiger partial charge is 1.00 e. The number of aliphatic carboxylic acids is 1. The number of aliphatic imine (C=N–C) groups is 1. The molecule has 0 amide bonds. The number of nitrogens with zero attached hydrogens (tertiary/aromatic N) is 1. The third-order valence-electron chi connectivity index (χ3n) is 3.84. The van der Waals surface area contributed by atoms with Crippen LogP contribution in [0.25, 0.3) is 0 Å². The Bertz CT molecular complexity index is 635. The molecule has 0 saturated carbocycles. The van der Waals surface area contributed by atoms with E-state index in [0.717, 1.165) is 11.1 Å². The Balaban J connectivity index is 0.00000529. The van der Waals surface area contributed by atoms with Crippen LogP contribution in [-0.2, 0) is 15.6 Å². The molecule has 1 aromatic carbocycles. The van der Waals surface area contributed by atoms with Crippen LogP contribution in [0, 0.1) is 0 Å². The molecule has 1 N–H and O–H groups in total. The maximum absolute atomic E-state index is 11.1. The number of phenolic OH excluding ortho intramolecular Hbond substituents is 1. The summed E-state index contributed by atoms with van der Waals surface area (Å²) in [5.41, 5.74) is 0.728. The van der Waals surface area contributed by atoms with Crippen LogP contribution >= 0.6 is 0 Å². The molecule has 0 bridgehead atoms. The van der Waals surface area contributed by atoms with Gasteiger partial charge in [0.1, 0.15) is 5.75 Å². The molecule has 4 nitrogen and oxygen atoms in total. The molecule has 0 aliphatic rings. The standard InChI is InChI=1S/C19H29NO3.K/c1-17(2,3)13-9-12(11-20-19(7,8)16(22)23)15(21)14(10-13)18(4,5)6;/h9-11,21H,1-8H3,(H,22,23);/q;+1/p-1/b20-11+;. The second kappa shape index (κ2) is 8.00. The van der Waals surface area contributed by atoms with Gasteiger partial charge in [-0.25, -0.2) is 0 Å². The molecule has 0 aliphatic carbocycles. The van der Waals surface area contributed by atoms with Gasteiger partial charge in [0.15, 0.2) is 0 Å². The monoisotopic (exact) mass is 357 g/mol.